The maximum absolute atomic E-state index is 13.5. The number of carbonyl (C=O) groups excluding carboxylic acids is 2. The highest BCUT2D eigenvalue weighted by atomic mass is 19.1. The van der Waals surface area contributed by atoms with Gasteiger partial charge in [0.25, 0.3) is 11.7 Å². The van der Waals surface area contributed by atoms with Crippen LogP contribution in [0.4, 0.5) is 4.39 Å². The van der Waals surface area contributed by atoms with E-state index in [2.05, 4.69) is 20.8 Å². The van der Waals surface area contributed by atoms with E-state index in [4.69, 9.17) is 4.74 Å². The third-order valence-corrected chi connectivity index (χ3v) is 7.39. The lowest BCUT2D eigenvalue weighted by Crippen LogP contribution is -2.31. The molecule has 1 atom stereocenters. The van der Waals surface area contributed by atoms with Crippen LogP contribution in [0.3, 0.4) is 0 Å². The predicted octanol–water partition coefficient (Wildman–Crippen LogP) is 7.31. The fraction of sp³-hybridized carbons (Fsp3) is 0.353. The molecule has 1 aliphatic rings. The quantitative estimate of drug-likeness (QED) is 0.184. The van der Waals surface area contributed by atoms with E-state index in [1.807, 2.05) is 51.1 Å². The van der Waals surface area contributed by atoms with E-state index in [-0.39, 0.29) is 35.0 Å². The van der Waals surface area contributed by atoms with Crippen LogP contribution in [0.2, 0.25) is 0 Å². The number of hydrogen-bond acceptors (Lipinski definition) is 4. The van der Waals surface area contributed by atoms with Gasteiger partial charge in [0.05, 0.1) is 18.2 Å². The molecule has 0 saturated carbocycles. The van der Waals surface area contributed by atoms with Crippen molar-refractivity contribution in [1.29, 1.82) is 0 Å². The number of nitrogens with zero attached hydrogens (tertiary/aromatic N) is 1. The smallest absolute Gasteiger partial charge is 0.295 e. The lowest BCUT2D eigenvalue weighted by atomic mass is 9.85. The second kappa shape index (κ2) is 11.7. The van der Waals surface area contributed by atoms with Gasteiger partial charge in [-0.2, -0.15) is 0 Å². The van der Waals surface area contributed by atoms with Crippen molar-refractivity contribution < 1.29 is 23.8 Å². The summed E-state index contributed by atoms with van der Waals surface area (Å²) in [5.41, 5.74) is 4.06. The molecule has 3 aromatic carbocycles. The third-order valence-electron chi connectivity index (χ3n) is 7.39. The molecule has 1 saturated heterocycles. The molecule has 1 aliphatic heterocycles. The first-order valence-electron chi connectivity index (χ1n) is 13.8. The van der Waals surface area contributed by atoms with Crippen molar-refractivity contribution in [2.45, 2.75) is 65.3 Å². The van der Waals surface area contributed by atoms with Crippen molar-refractivity contribution in [3.63, 3.8) is 0 Å². The zero-order valence-electron chi connectivity index (χ0n) is 24.1. The highest BCUT2D eigenvalue weighted by Crippen LogP contribution is 2.41. The topological polar surface area (TPSA) is 66.8 Å². The standard InChI is InChI=1S/C34H38FNO4/c1-7-40-28-17-12-24(20-27(28)21(2)3)31(37)29-30(23-10-13-25(14-11-23)34(4,5)6)36(33(39)32(29)38)19-18-22-8-15-26(35)16-9-22/h8-17,20-21,30,37H,7,18-19H2,1-6H3/b31-29-. The Kier molecular flexibility index (Phi) is 8.48. The van der Waals surface area contributed by atoms with Crippen molar-refractivity contribution in [1.82, 2.24) is 4.90 Å². The molecule has 1 unspecified atom stereocenters. The van der Waals surface area contributed by atoms with Gasteiger partial charge in [-0.05, 0) is 77.3 Å². The summed E-state index contributed by atoms with van der Waals surface area (Å²) in [6, 6.07) is 18.5. The van der Waals surface area contributed by atoms with Gasteiger partial charge in [-0.15, -0.1) is 0 Å². The Morgan fingerprint density at radius 2 is 1.65 bits per heavy atom. The Hall–Kier alpha value is -3.93. The minimum absolute atomic E-state index is 0.0616. The number of carbonyl (C=O) groups is 2. The predicted molar refractivity (Wildman–Crippen MR) is 156 cm³/mol. The van der Waals surface area contributed by atoms with E-state index in [9.17, 15) is 19.1 Å². The molecule has 0 bridgehead atoms. The van der Waals surface area contributed by atoms with Gasteiger partial charge in [0.1, 0.15) is 17.3 Å². The summed E-state index contributed by atoms with van der Waals surface area (Å²) in [4.78, 5) is 28.4. The minimum Gasteiger partial charge on any atom is -0.507 e. The lowest BCUT2D eigenvalue weighted by molar-refractivity contribution is -0.139. The van der Waals surface area contributed by atoms with E-state index in [0.717, 1.165) is 28.0 Å². The number of rotatable bonds is 8. The van der Waals surface area contributed by atoms with E-state index >= 15 is 0 Å². The number of ether oxygens (including phenoxy) is 1. The SMILES string of the molecule is CCOc1ccc(/C(O)=C2/C(=O)C(=O)N(CCc3ccc(F)cc3)C2c2ccc(C(C)(C)C)cc2)cc1C(C)C. The summed E-state index contributed by atoms with van der Waals surface area (Å²) >= 11 is 0. The number of aliphatic hydroxyl groups is 1. The average Bonchev–Trinajstić information content (AvgIpc) is 3.17. The van der Waals surface area contributed by atoms with Crippen LogP contribution in [0.5, 0.6) is 5.75 Å². The molecule has 1 amide bonds. The summed E-state index contributed by atoms with van der Waals surface area (Å²) in [5.74, 6) is -1.09. The number of Topliss-reactive ketones (excluding diaryl/α,β-unsaturated/α-hetero) is 1. The Morgan fingerprint density at radius 3 is 2.23 bits per heavy atom. The fourth-order valence-electron chi connectivity index (χ4n) is 5.11. The van der Waals surface area contributed by atoms with Gasteiger partial charge >= 0.3 is 0 Å². The van der Waals surface area contributed by atoms with Crippen molar-refractivity contribution in [2.75, 3.05) is 13.2 Å². The van der Waals surface area contributed by atoms with Gasteiger partial charge in [0.15, 0.2) is 0 Å². The number of ketones is 1. The van der Waals surface area contributed by atoms with Crippen molar-refractivity contribution in [3.05, 3.63) is 106 Å². The van der Waals surface area contributed by atoms with E-state index in [1.165, 1.54) is 17.0 Å². The molecule has 1 fully saturated rings. The third kappa shape index (κ3) is 5.96. The molecule has 6 heteroatoms. The van der Waals surface area contributed by atoms with Crippen LogP contribution < -0.4 is 4.74 Å². The van der Waals surface area contributed by atoms with Crippen LogP contribution in [0.25, 0.3) is 5.76 Å². The first-order valence-corrected chi connectivity index (χ1v) is 13.8. The maximum Gasteiger partial charge on any atom is 0.295 e. The molecule has 0 spiro atoms. The molecule has 40 heavy (non-hydrogen) atoms. The maximum atomic E-state index is 13.5. The molecule has 4 rings (SSSR count). The molecule has 0 radical (unpaired) electrons. The molecule has 5 nitrogen and oxygen atoms in total. The van der Waals surface area contributed by atoms with Crippen LogP contribution >= 0.6 is 0 Å². The van der Waals surface area contributed by atoms with Gasteiger partial charge in [0, 0.05) is 12.1 Å². The average molecular weight is 544 g/mol. The summed E-state index contributed by atoms with van der Waals surface area (Å²) in [6.45, 7) is 13.1. The van der Waals surface area contributed by atoms with Gasteiger partial charge in [-0.1, -0.05) is 71.0 Å². The van der Waals surface area contributed by atoms with Crippen LogP contribution in [-0.4, -0.2) is 34.8 Å². The number of halogens is 1. The zero-order chi connectivity index (χ0) is 29.2. The highest BCUT2D eigenvalue weighted by Gasteiger charge is 2.46. The van der Waals surface area contributed by atoms with Crippen molar-refractivity contribution in [3.8, 4) is 5.75 Å². The summed E-state index contributed by atoms with van der Waals surface area (Å²) in [6.07, 6.45) is 0.435. The molecule has 0 aromatic heterocycles. The fourth-order valence-corrected chi connectivity index (χ4v) is 5.11. The van der Waals surface area contributed by atoms with Crippen LogP contribution in [0.15, 0.2) is 72.3 Å². The molecule has 1 heterocycles. The van der Waals surface area contributed by atoms with Crippen LogP contribution in [-0.2, 0) is 21.4 Å². The highest BCUT2D eigenvalue weighted by molar-refractivity contribution is 6.46. The first kappa shape index (κ1) is 29.1. The van der Waals surface area contributed by atoms with Gasteiger partial charge in [-0.25, -0.2) is 4.39 Å². The Balaban J connectivity index is 1.81. The second-order valence-corrected chi connectivity index (χ2v) is 11.6. The minimum atomic E-state index is -0.761. The van der Waals surface area contributed by atoms with E-state index in [0.29, 0.717) is 18.6 Å². The summed E-state index contributed by atoms with van der Waals surface area (Å²) < 4.78 is 19.2. The molecule has 1 N–H and O–H groups in total. The second-order valence-electron chi connectivity index (χ2n) is 11.6. The molecule has 0 aliphatic carbocycles. The van der Waals surface area contributed by atoms with Crippen LogP contribution in [0.1, 0.15) is 81.3 Å². The van der Waals surface area contributed by atoms with E-state index < -0.39 is 17.7 Å². The Labute approximate surface area is 236 Å². The number of benzene rings is 3. The number of likely N-dealkylation sites (tertiary alicyclic amines) is 1. The number of amides is 1. The molecule has 3 aromatic rings. The van der Waals surface area contributed by atoms with Gasteiger partial charge in [0.2, 0.25) is 0 Å². The first-order chi connectivity index (χ1) is 18.9. The zero-order valence-corrected chi connectivity index (χ0v) is 24.1. The normalized spacial score (nSPS) is 17.1. The largest absolute Gasteiger partial charge is 0.507 e. The van der Waals surface area contributed by atoms with E-state index in [1.54, 1.807) is 24.3 Å². The summed E-state index contributed by atoms with van der Waals surface area (Å²) in [5, 5.41) is 11.6. The Bertz CT molecular complexity index is 1420. The van der Waals surface area contributed by atoms with Crippen LogP contribution in [0, 0.1) is 5.82 Å². The Morgan fingerprint density at radius 1 is 1.00 bits per heavy atom. The molecular formula is C34H38FNO4. The van der Waals surface area contributed by atoms with Crippen molar-refractivity contribution >= 4 is 17.4 Å². The summed E-state index contributed by atoms with van der Waals surface area (Å²) in [7, 11) is 0. The number of hydrogen-bond donors (Lipinski definition) is 1. The molecule has 210 valence electrons. The molecular weight excluding hydrogens is 505 g/mol. The van der Waals surface area contributed by atoms with Gasteiger partial charge in [-0.3, -0.25) is 9.59 Å². The monoisotopic (exact) mass is 543 g/mol. The van der Waals surface area contributed by atoms with Gasteiger partial charge < -0.3 is 14.7 Å². The van der Waals surface area contributed by atoms with Crippen molar-refractivity contribution in [2.24, 2.45) is 0 Å². The lowest BCUT2D eigenvalue weighted by Gasteiger charge is -2.26. The number of aliphatic hydroxyl groups excluding tert-OH is 1.